The molecule has 2 rings (SSSR count). The lowest BCUT2D eigenvalue weighted by Crippen LogP contribution is -2.48. The number of carbonyl (C=O) groups excluding carboxylic acids is 1. The van der Waals surface area contributed by atoms with E-state index in [1.54, 1.807) is 17.5 Å². The van der Waals surface area contributed by atoms with Gasteiger partial charge >= 0.3 is 0 Å². The molecule has 0 aliphatic carbocycles. The van der Waals surface area contributed by atoms with Crippen molar-refractivity contribution in [2.45, 2.75) is 19.4 Å². The summed E-state index contributed by atoms with van der Waals surface area (Å²) < 4.78 is 5.23. The number of carbonyl (C=O) groups is 1. The maximum absolute atomic E-state index is 12.0. The lowest BCUT2D eigenvalue weighted by atomic mass is 10.1. The highest BCUT2D eigenvalue weighted by molar-refractivity contribution is 7.09. The highest BCUT2D eigenvalue weighted by Crippen LogP contribution is 2.21. The number of nitrogens with one attached hydrogen (secondary N) is 1. The first-order valence-corrected chi connectivity index (χ1v) is 6.98. The lowest BCUT2D eigenvalue weighted by Gasteiger charge is -2.29. The summed E-state index contributed by atoms with van der Waals surface area (Å²) in [5, 5.41) is 6.22. The molecular formula is C12H19N3O2S. The van der Waals surface area contributed by atoms with Gasteiger partial charge in [0.15, 0.2) is 0 Å². The summed E-state index contributed by atoms with van der Waals surface area (Å²) >= 11 is 1.60. The van der Waals surface area contributed by atoms with E-state index >= 15 is 0 Å². The summed E-state index contributed by atoms with van der Waals surface area (Å²) in [6.07, 6.45) is 1.78. The molecule has 1 aliphatic rings. The Bertz CT molecular complexity index is 386. The van der Waals surface area contributed by atoms with Crippen molar-refractivity contribution < 1.29 is 9.53 Å². The third-order valence-corrected chi connectivity index (χ3v) is 4.11. The fourth-order valence-electron chi connectivity index (χ4n) is 1.83. The van der Waals surface area contributed by atoms with Crippen LogP contribution in [0.2, 0.25) is 0 Å². The summed E-state index contributed by atoms with van der Waals surface area (Å²) in [4.78, 5) is 18.1. The average Bonchev–Trinajstić information content (AvgIpc) is 2.92. The zero-order chi connectivity index (χ0) is 13.0. The number of ether oxygens (including phenoxy) is 1. The Morgan fingerprint density at radius 1 is 1.56 bits per heavy atom. The third kappa shape index (κ3) is 3.28. The second-order valence-electron chi connectivity index (χ2n) is 4.81. The monoisotopic (exact) mass is 269 g/mol. The standard InChI is InChI=1S/C12H19N3O2S/c1-12(2,11-13-3-8-18-11)14-9-10(16)15-4-6-17-7-5-15/h3,8,14H,4-7,9H2,1-2H3. The SMILES string of the molecule is CC(C)(NCC(=O)N1CCOCC1)c1nccs1. The fraction of sp³-hybridized carbons (Fsp3) is 0.667. The van der Waals surface area contributed by atoms with E-state index in [1.165, 1.54) is 0 Å². The maximum Gasteiger partial charge on any atom is 0.236 e. The molecule has 5 nitrogen and oxygen atoms in total. The van der Waals surface area contributed by atoms with Gasteiger partial charge in [-0.05, 0) is 13.8 Å². The molecule has 6 heteroatoms. The Kier molecular flexibility index (Phi) is 4.31. The molecule has 1 N–H and O–H groups in total. The van der Waals surface area contributed by atoms with Crippen LogP contribution in [0.5, 0.6) is 0 Å². The number of amides is 1. The van der Waals surface area contributed by atoms with Crippen LogP contribution >= 0.6 is 11.3 Å². The van der Waals surface area contributed by atoms with Crippen LogP contribution in [0.4, 0.5) is 0 Å². The van der Waals surface area contributed by atoms with E-state index < -0.39 is 0 Å². The van der Waals surface area contributed by atoms with E-state index in [4.69, 9.17) is 4.74 Å². The van der Waals surface area contributed by atoms with Crippen molar-refractivity contribution in [1.82, 2.24) is 15.2 Å². The predicted octanol–water partition coefficient (Wildman–Crippen LogP) is 0.827. The lowest BCUT2D eigenvalue weighted by molar-refractivity contribution is -0.134. The van der Waals surface area contributed by atoms with Gasteiger partial charge < -0.3 is 9.64 Å². The summed E-state index contributed by atoms with van der Waals surface area (Å²) in [7, 11) is 0. The second-order valence-corrected chi connectivity index (χ2v) is 5.70. The first-order chi connectivity index (χ1) is 8.59. The molecule has 1 aliphatic heterocycles. The molecule has 0 bridgehead atoms. The van der Waals surface area contributed by atoms with Crippen LogP contribution in [-0.4, -0.2) is 48.6 Å². The molecule has 18 heavy (non-hydrogen) atoms. The van der Waals surface area contributed by atoms with Crippen molar-refractivity contribution in [1.29, 1.82) is 0 Å². The van der Waals surface area contributed by atoms with Gasteiger partial charge in [0.25, 0.3) is 0 Å². The molecule has 1 fully saturated rings. The Hall–Kier alpha value is -0.980. The molecule has 1 aromatic heterocycles. The predicted molar refractivity (Wildman–Crippen MR) is 70.5 cm³/mol. The topological polar surface area (TPSA) is 54.5 Å². The van der Waals surface area contributed by atoms with E-state index in [0.717, 1.165) is 5.01 Å². The Morgan fingerprint density at radius 3 is 2.89 bits per heavy atom. The van der Waals surface area contributed by atoms with Crippen LogP contribution in [0.15, 0.2) is 11.6 Å². The van der Waals surface area contributed by atoms with E-state index in [0.29, 0.717) is 32.8 Å². The number of hydrogen-bond acceptors (Lipinski definition) is 5. The molecule has 1 aromatic rings. The molecule has 0 aromatic carbocycles. The van der Waals surface area contributed by atoms with Crippen molar-refractivity contribution in [2.75, 3.05) is 32.8 Å². The zero-order valence-electron chi connectivity index (χ0n) is 10.8. The number of morpholine rings is 1. The molecule has 0 spiro atoms. The first kappa shape index (κ1) is 13.5. The Balaban J connectivity index is 1.85. The van der Waals surface area contributed by atoms with Crippen LogP contribution in [0.25, 0.3) is 0 Å². The number of nitrogens with zero attached hydrogens (tertiary/aromatic N) is 2. The van der Waals surface area contributed by atoms with Crippen molar-refractivity contribution in [3.05, 3.63) is 16.6 Å². The highest BCUT2D eigenvalue weighted by Gasteiger charge is 2.25. The number of rotatable bonds is 4. The quantitative estimate of drug-likeness (QED) is 0.879. The fourth-order valence-corrected chi connectivity index (χ4v) is 2.57. The second kappa shape index (κ2) is 5.77. The molecular weight excluding hydrogens is 250 g/mol. The first-order valence-electron chi connectivity index (χ1n) is 6.10. The van der Waals surface area contributed by atoms with Crippen LogP contribution < -0.4 is 5.32 Å². The number of thiazole rings is 1. The third-order valence-electron chi connectivity index (χ3n) is 3.01. The van der Waals surface area contributed by atoms with Gasteiger partial charge in [0.1, 0.15) is 5.01 Å². The Labute approximate surface area is 111 Å². The van der Waals surface area contributed by atoms with Crippen LogP contribution in [0.1, 0.15) is 18.9 Å². The molecule has 1 amide bonds. The normalized spacial score (nSPS) is 16.9. The smallest absolute Gasteiger partial charge is 0.236 e. The average molecular weight is 269 g/mol. The van der Waals surface area contributed by atoms with Crippen LogP contribution in [0, 0.1) is 0 Å². The van der Waals surface area contributed by atoms with E-state index in [2.05, 4.69) is 10.3 Å². The maximum atomic E-state index is 12.0. The van der Waals surface area contributed by atoms with Gasteiger partial charge in [-0.15, -0.1) is 11.3 Å². The molecule has 0 saturated carbocycles. The summed E-state index contributed by atoms with van der Waals surface area (Å²) in [5.41, 5.74) is -0.268. The highest BCUT2D eigenvalue weighted by atomic mass is 32.1. The van der Waals surface area contributed by atoms with Crippen LogP contribution in [0.3, 0.4) is 0 Å². The van der Waals surface area contributed by atoms with Gasteiger partial charge in [0, 0.05) is 24.7 Å². The minimum absolute atomic E-state index is 0.128. The van der Waals surface area contributed by atoms with E-state index in [1.807, 2.05) is 24.1 Å². The largest absolute Gasteiger partial charge is 0.378 e. The Morgan fingerprint density at radius 2 is 2.28 bits per heavy atom. The molecule has 1 saturated heterocycles. The van der Waals surface area contributed by atoms with Gasteiger partial charge in [-0.2, -0.15) is 0 Å². The number of hydrogen-bond donors (Lipinski definition) is 1. The minimum Gasteiger partial charge on any atom is -0.378 e. The van der Waals surface area contributed by atoms with E-state index in [9.17, 15) is 4.79 Å². The molecule has 0 atom stereocenters. The molecule has 2 heterocycles. The zero-order valence-corrected chi connectivity index (χ0v) is 11.6. The molecule has 0 radical (unpaired) electrons. The summed E-state index contributed by atoms with van der Waals surface area (Å²) in [6, 6.07) is 0. The minimum atomic E-state index is -0.268. The van der Waals surface area contributed by atoms with Gasteiger partial charge in [-0.1, -0.05) is 0 Å². The van der Waals surface area contributed by atoms with Crippen molar-refractivity contribution in [3.8, 4) is 0 Å². The van der Waals surface area contributed by atoms with Crippen molar-refractivity contribution in [3.63, 3.8) is 0 Å². The van der Waals surface area contributed by atoms with Crippen molar-refractivity contribution >= 4 is 17.2 Å². The van der Waals surface area contributed by atoms with Crippen LogP contribution in [-0.2, 0) is 15.1 Å². The van der Waals surface area contributed by atoms with Gasteiger partial charge in [-0.3, -0.25) is 10.1 Å². The number of aromatic nitrogens is 1. The summed E-state index contributed by atoms with van der Waals surface area (Å²) in [6.45, 7) is 7.09. The van der Waals surface area contributed by atoms with E-state index in [-0.39, 0.29) is 11.4 Å². The van der Waals surface area contributed by atoms with Gasteiger partial charge in [0.05, 0.1) is 25.3 Å². The summed E-state index contributed by atoms with van der Waals surface area (Å²) in [5.74, 6) is 0.128. The van der Waals surface area contributed by atoms with Gasteiger partial charge in [0.2, 0.25) is 5.91 Å². The van der Waals surface area contributed by atoms with Crippen molar-refractivity contribution in [2.24, 2.45) is 0 Å². The molecule has 0 unspecified atom stereocenters. The molecule has 100 valence electrons. The van der Waals surface area contributed by atoms with Gasteiger partial charge in [-0.25, -0.2) is 4.98 Å².